The monoisotopic (exact) mass is 178 g/mol. The van der Waals surface area contributed by atoms with Gasteiger partial charge in [0.1, 0.15) is 12.2 Å². The van der Waals surface area contributed by atoms with Crippen molar-refractivity contribution in [2.75, 3.05) is 13.7 Å². The Bertz CT molecular complexity index is 140. The van der Waals surface area contributed by atoms with Crippen molar-refractivity contribution in [1.82, 2.24) is 0 Å². The Kier molecular flexibility index (Phi) is 3.42. The minimum Gasteiger partial charge on any atom is -0.394 e. The summed E-state index contributed by atoms with van der Waals surface area (Å²) in [4.78, 5) is 0. The Morgan fingerprint density at radius 3 is 2.75 bits per heavy atom. The van der Waals surface area contributed by atoms with E-state index in [9.17, 15) is 5.11 Å². The van der Waals surface area contributed by atoms with E-state index in [1.54, 1.807) is 0 Å². The largest absolute Gasteiger partial charge is 0.394 e. The van der Waals surface area contributed by atoms with E-state index in [0.29, 0.717) is 6.42 Å². The fourth-order valence-electron chi connectivity index (χ4n) is 1.26. The molecule has 0 amide bonds. The first-order valence-corrected chi connectivity index (χ1v) is 3.84. The molecular weight excluding hydrogens is 164 g/mol. The molecule has 72 valence electrons. The van der Waals surface area contributed by atoms with Crippen LogP contribution in [0, 0.1) is 0 Å². The van der Waals surface area contributed by atoms with Crippen LogP contribution in [0.5, 0.6) is 0 Å². The standard InChI is InChI=1S/C7H14O5/c1-11-6-2-4(9)7(12-6)5(10)3-8/h4-10H,2-3H2,1H3/t4-,5-,6-,7-/m1/s1. The van der Waals surface area contributed by atoms with Gasteiger partial charge in [-0.15, -0.1) is 0 Å². The fraction of sp³-hybridized carbons (Fsp3) is 1.00. The molecule has 1 aliphatic heterocycles. The van der Waals surface area contributed by atoms with Gasteiger partial charge in [-0.2, -0.15) is 0 Å². The molecule has 0 unspecified atom stereocenters. The van der Waals surface area contributed by atoms with Crippen molar-refractivity contribution in [3.8, 4) is 0 Å². The zero-order valence-electron chi connectivity index (χ0n) is 6.88. The molecule has 1 saturated heterocycles. The van der Waals surface area contributed by atoms with Gasteiger partial charge in [0.2, 0.25) is 0 Å². The van der Waals surface area contributed by atoms with E-state index in [4.69, 9.17) is 19.7 Å². The summed E-state index contributed by atoms with van der Waals surface area (Å²) in [6.07, 6.45) is -2.69. The van der Waals surface area contributed by atoms with Crippen LogP contribution >= 0.6 is 0 Å². The molecule has 3 N–H and O–H groups in total. The van der Waals surface area contributed by atoms with E-state index in [1.165, 1.54) is 7.11 Å². The average Bonchev–Trinajstić information content (AvgIpc) is 2.45. The van der Waals surface area contributed by atoms with Crippen LogP contribution in [0.25, 0.3) is 0 Å². The normalized spacial score (nSPS) is 38.5. The summed E-state index contributed by atoms with van der Waals surface area (Å²) < 4.78 is 9.92. The van der Waals surface area contributed by atoms with Crippen molar-refractivity contribution in [3.63, 3.8) is 0 Å². The van der Waals surface area contributed by atoms with Crippen molar-refractivity contribution in [1.29, 1.82) is 0 Å². The highest BCUT2D eigenvalue weighted by molar-refractivity contribution is 4.83. The second-order valence-electron chi connectivity index (χ2n) is 2.82. The van der Waals surface area contributed by atoms with E-state index in [-0.39, 0.29) is 0 Å². The van der Waals surface area contributed by atoms with Gasteiger partial charge >= 0.3 is 0 Å². The highest BCUT2D eigenvalue weighted by Crippen LogP contribution is 2.22. The number of methoxy groups -OCH3 is 1. The minimum absolute atomic E-state index is 0.332. The van der Waals surface area contributed by atoms with Crippen LogP contribution < -0.4 is 0 Å². The number of aliphatic hydroxyl groups is 3. The SMILES string of the molecule is CO[C@H]1C[C@@H](O)[C@H]([C@H](O)CO)O1. The third kappa shape index (κ3) is 1.94. The molecule has 1 rings (SSSR count). The Morgan fingerprint density at radius 2 is 2.33 bits per heavy atom. The Hall–Kier alpha value is -0.200. The fourth-order valence-corrected chi connectivity index (χ4v) is 1.26. The number of rotatable bonds is 3. The lowest BCUT2D eigenvalue weighted by Gasteiger charge is -2.18. The summed E-state index contributed by atoms with van der Waals surface area (Å²) >= 11 is 0. The summed E-state index contributed by atoms with van der Waals surface area (Å²) in [6.45, 7) is -0.418. The highest BCUT2D eigenvalue weighted by Gasteiger charge is 2.38. The van der Waals surface area contributed by atoms with E-state index >= 15 is 0 Å². The predicted octanol–water partition coefficient (Wildman–Crippen LogP) is -1.54. The third-order valence-electron chi connectivity index (χ3n) is 1.95. The van der Waals surface area contributed by atoms with Gasteiger partial charge in [0, 0.05) is 13.5 Å². The van der Waals surface area contributed by atoms with E-state index in [0.717, 1.165) is 0 Å². The Morgan fingerprint density at radius 1 is 1.67 bits per heavy atom. The molecule has 0 saturated carbocycles. The maximum Gasteiger partial charge on any atom is 0.160 e. The average molecular weight is 178 g/mol. The number of hydrogen-bond acceptors (Lipinski definition) is 5. The Balaban J connectivity index is 2.45. The topological polar surface area (TPSA) is 79.2 Å². The molecule has 0 aromatic rings. The lowest BCUT2D eigenvalue weighted by molar-refractivity contribution is -0.150. The summed E-state index contributed by atoms with van der Waals surface area (Å²) in [7, 11) is 1.46. The molecule has 0 aromatic heterocycles. The van der Waals surface area contributed by atoms with Crippen LogP contribution in [0.4, 0.5) is 0 Å². The zero-order valence-corrected chi connectivity index (χ0v) is 6.88. The van der Waals surface area contributed by atoms with Crippen LogP contribution in [-0.2, 0) is 9.47 Å². The van der Waals surface area contributed by atoms with E-state index in [1.807, 2.05) is 0 Å². The van der Waals surface area contributed by atoms with Crippen molar-refractivity contribution >= 4 is 0 Å². The summed E-state index contributed by atoms with van der Waals surface area (Å²) in [5.41, 5.74) is 0. The molecule has 0 aliphatic carbocycles. The summed E-state index contributed by atoms with van der Waals surface area (Å²) in [5, 5.41) is 27.1. The van der Waals surface area contributed by atoms with Crippen LogP contribution in [-0.4, -0.2) is 53.6 Å². The maximum absolute atomic E-state index is 9.32. The molecule has 1 aliphatic rings. The highest BCUT2D eigenvalue weighted by atomic mass is 16.7. The smallest absolute Gasteiger partial charge is 0.160 e. The predicted molar refractivity (Wildman–Crippen MR) is 39.4 cm³/mol. The number of ether oxygens (including phenoxy) is 2. The second-order valence-corrected chi connectivity index (χ2v) is 2.82. The number of aliphatic hydroxyl groups excluding tert-OH is 3. The maximum atomic E-state index is 9.32. The van der Waals surface area contributed by atoms with Gasteiger partial charge in [0.05, 0.1) is 12.7 Å². The van der Waals surface area contributed by atoms with Crippen molar-refractivity contribution in [2.45, 2.75) is 31.0 Å². The lowest BCUT2D eigenvalue weighted by atomic mass is 10.1. The van der Waals surface area contributed by atoms with Gasteiger partial charge < -0.3 is 24.8 Å². The molecule has 12 heavy (non-hydrogen) atoms. The van der Waals surface area contributed by atoms with Gasteiger partial charge in [-0.05, 0) is 0 Å². The molecule has 0 bridgehead atoms. The third-order valence-corrected chi connectivity index (χ3v) is 1.95. The minimum atomic E-state index is -1.04. The van der Waals surface area contributed by atoms with Crippen molar-refractivity contribution in [2.24, 2.45) is 0 Å². The molecule has 4 atom stereocenters. The van der Waals surface area contributed by atoms with Crippen molar-refractivity contribution < 1.29 is 24.8 Å². The molecule has 1 fully saturated rings. The van der Waals surface area contributed by atoms with Crippen molar-refractivity contribution in [3.05, 3.63) is 0 Å². The van der Waals surface area contributed by atoms with Gasteiger partial charge in [-0.1, -0.05) is 0 Å². The van der Waals surface area contributed by atoms with Crippen LogP contribution in [0.1, 0.15) is 6.42 Å². The van der Waals surface area contributed by atoms with Gasteiger partial charge in [-0.25, -0.2) is 0 Å². The molecule has 5 heteroatoms. The molecule has 0 aromatic carbocycles. The summed E-state index contributed by atoms with van der Waals surface area (Å²) in [5.74, 6) is 0. The van der Waals surface area contributed by atoms with E-state index in [2.05, 4.69) is 0 Å². The quantitative estimate of drug-likeness (QED) is 0.488. The first kappa shape index (κ1) is 9.88. The molecule has 0 spiro atoms. The lowest BCUT2D eigenvalue weighted by Crippen LogP contribution is -2.36. The first-order valence-electron chi connectivity index (χ1n) is 3.84. The molecule has 1 heterocycles. The number of hydrogen-bond donors (Lipinski definition) is 3. The van der Waals surface area contributed by atoms with Crippen LogP contribution in [0.2, 0.25) is 0 Å². The van der Waals surface area contributed by atoms with Crippen LogP contribution in [0.15, 0.2) is 0 Å². The summed E-state index contributed by atoms with van der Waals surface area (Å²) in [6, 6.07) is 0. The molecule has 5 nitrogen and oxygen atoms in total. The van der Waals surface area contributed by atoms with Gasteiger partial charge in [0.15, 0.2) is 6.29 Å². The Labute approximate surface area is 70.5 Å². The van der Waals surface area contributed by atoms with Gasteiger partial charge in [0.25, 0.3) is 0 Å². The van der Waals surface area contributed by atoms with E-state index < -0.39 is 31.2 Å². The van der Waals surface area contributed by atoms with Gasteiger partial charge in [-0.3, -0.25) is 0 Å². The zero-order chi connectivity index (χ0) is 9.14. The van der Waals surface area contributed by atoms with Crippen LogP contribution in [0.3, 0.4) is 0 Å². The first-order chi connectivity index (χ1) is 5.69. The second kappa shape index (κ2) is 4.15. The molecular formula is C7H14O5. The molecule has 0 radical (unpaired) electrons.